The van der Waals surface area contributed by atoms with Crippen LogP contribution in [-0.4, -0.2) is 112 Å². The van der Waals surface area contributed by atoms with Gasteiger partial charge in [0.05, 0.1) is 41.9 Å². The lowest BCUT2D eigenvalue weighted by Crippen LogP contribution is -2.53. The van der Waals surface area contributed by atoms with Crippen LogP contribution in [0, 0.1) is 0 Å². The van der Waals surface area contributed by atoms with Crippen molar-refractivity contribution in [2.45, 2.75) is 55.3 Å². The van der Waals surface area contributed by atoms with Crippen molar-refractivity contribution >= 4 is 41.4 Å². The largest absolute Gasteiger partial charge is 0.465 e. The van der Waals surface area contributed by atoms with Crippen LogP contribution in [0.5, 0.6) is 0 Å². The first-order valence-electron chi connectivity index (χ1n) is 13.3. The van der Waals surface area contributed by atoms with Crippen LogP contribution in [0.1, 0.15) is 32.3 Å². The molecule has 40 heavy (non-hydrogen) atoms. The van der Waals surface area contributed by atoms with Crippen LogP contribution in [0.2, 0.25) is 0 Å². The number of hydrogen-bond donors (Lipinski definition) is 3. The number of amides is 1. The number of aryl methyl sites for hydroxylation is 1. The van der Waals surface area contributed by atoms with Gasteiger partial charge in [-0.3, -0.25) is 25.3 Å². The second-order valence-corrected chi connectivity index (χ2v) is 12.6. The number of likely N-dealkylation sites (tertiary alicyclic amines) is 1. The zero-order valence-corrected chi connectivity index (χ0v) is 24.5. The van der Waals surface area contributed by atoms with E-state index in [1.165, 1.54) is 0 Å². The first kappa shape index (κ1) is 32.6. The Bertz CT molecular complexity index is 951. The third-order valence-electron chi connectivity index (χ3n) is 6.52. The average molecular weight is 602 g/mol. The summed E-state index contributed by atoms with van der Waals surface area (Å²) in [7, 11) is 0. The Kier molecular flexibility index (Phi) is 13.5. The first-order chi connectivity index (χ1) is 19.2. The Balaban J connectivity index is 1.60. The lowest BCUT2D eigenvalue weighted by atomic mass is 10.0. The van der Waals surface area contributed by atoms with Gasteiger partial charge in [0, 0.05) is 24.5 Å². The fourth-order valence-corrected chi connectivity index (χ4v) is 7.91. The molecule has 3 rings (SSSR count). The zero-order valence-electron chi connectivity index (χ0n) is 22.9. The number of hydrogen-bond acceptors (Lipinski definition) is 13. The van der Waals surface area contributed by atoms with Gasteiger partial charge < -0.3 is 19.1 Å². The van der Waals surface area contributed by atoms with Gasteiger partial charge >= 0.3 is 11.9 Å². The minimum absolute atomic E-state index is 0.0230. The number of carbonyl (C=O) groups excluding carboxylic acids is 3. The normalized spacial score (nSPS) is 19.6. The molecule has 1 aromatic rings. The molecule has 0 aromatic heterocycles. The molecule has 2 fully saturated rings. The third kappa shape index (κ3) is 9.87. The lowest BCUT2D eigenvalue weighted by Gasteiger charge is -2.29. The second kappa shape index (κ2) is 16.5. The third-order valence-corrected chi connectivity index (χ3v) is 9.95. The van der Waals surface area contributed by atoms with E-state index in [9.17, 15) is 14.4 Å². The van der Waals surface area contributed by atoms with Crippen molar-refractivity contribution in [2.75, 3.05) is 51.1 Å². The SMILES string of the molecule is CCOC(=O)C(CCc1ccccc1)NC(C)C(=O)N1CC2(CC1C(=O)OCCOCCON(O)O)SCCS2. The van der Waals surface area contributed by atoms with Gasteiger partial charge in [-0.15, -0.1) is 23.5 Å². The van der Waals surface area contributed by atoms with Crippen LogP contribution in [-0.2, 0) is 39.9 Å². The Morgan fingerprint density at radius 1 is 1.10 bits per heavy atom. The summed E-state index contributed by atoms with van der Waals surface area (Å²) in [5.74, 6) is 0.703. The molecular weight excluding hydrogens is 562 g/mol. The minimum atomic E-state index is -0.749. The van der Waals surface area contributed by atoms with Gasteiger partial charge in [-0.1, -0.05) is 30.3 Å². The maximum Gasteiger partial charge on any atom is 0.329 e. The Labute approximate surface area is 242 Å². The van der Waals surface area contributed by atoms with E-state index in [0.717, 1.165) is 17.1 Å². The Hall–Kier alpha value is -1.91. The van der Waals surface area contributed by atoms with Crippen molar-refractivity contribution in [3.63, 3.8) is 0 Å². The van der Waals surface area contributed by atoms with Crippen molar-refractivity contribution in [3.8, 4) is 0 Å². The predicted molar refractivity (Wildman–Crippen MR) is 149 cm³/mol. The Morgan fingerprint density at radius 2 is 1.80 bits per heavy atom. The van der Waals surface area contributed by atoms with Gasteiger partial charge in [0.1, 0.15) is 18.7 Å². The van der Waals surface area contributed by atoms with Crippen LogP contribution >= 0.6 is 23.5 Å². The fraction of sp³-hybridized carbons (Fsp3) is 0.654. The number of nitrogens with zero attached hydrogens (tertiary/aromatic N) is 2. The molecule has 2 aliphatic rings. The molecule has 2 aliphatic heterocycles. The molecule has 0 aliphatic carbocycles. The molecular formula is C26H39N3O9S2. The Morgan fingerprint density at radius 3 is 2.48 bits per heavy atom. The molecule has 2 saturated heterocycles. The molecule has 0 bridgehead atoms. The molecule has 1 amide bonds. The lowest BCUT2D eigenvalue weighted by molar-refractivity contribution is -0.493. The summed E-state index contributed by atoms with van der Waals surface area (Å²) >= 11 is 3.52. The molecule has 14 heteroatoms. The first-order valence-corrected chi connectivity index (χ1v) is 15.3. The van der Waals surface area contributed by atoms with E-state index >= 15 is 0 Å². The molecule has 224 valence electrons. The molecule has 2 heterocycles. The smallest absolute Gasteiger partial charge is 0.329 e. The summed E-state index contributed by atoms with van der Waals surface area (Å²) in [4.78, 5) is 45.5. The standard InChI is InChI=1S/C26H39N3O9S2/c1-3-36-24(31)21(10-9-20-7-5-4-6-8-20)27-19(2)23(30)28-18-26(39-15-16-40-26)17-22(28)25(32)37-13-11-35-12-14-38-29(33)34/h4-8,19,21-22,27,33-34H,3,9-18H2,1-2H3. The molecule has 3 atom stereocenters. The van der Waals surface area contributed by atoms with E-state index < -0.39 is 35.5 Å². The van der Waals surface area contributed by atoms with Crippen LogP contribution < -0.4 is 5.32 Å². The molecule has 3 unspecified atom stereocenters. The number of esters is 2. The van der Waals surface area contributed by atoms with Crippen molar-refractivity contribution in [3.05, 3.63) is 35.9 Å². The second-order valence-electron chi connectivity index (χ2n) is 9.38. The number of ether oxygens (including phenoxy) is 3. The van der Waals surface area contributed by atoms with Crippen molar-refractivity contribution in [1.29, 1.82) is 0 Å². The molecule has 0 radical (unpaired) electrons. The maximum absolute atomic E-state index is 13.7. The zero-order chi connectivity index (χ0) is 29.0. The van der Waals surface area contributed by atoms with E-state index in [0.29, 0.717) is 25.8 Å². The topological polar surface area (TPSA) is 147 Å². The van der Waals surface area contributed by atoms with Crippen LogP contribution in [0.3, 0.4) is 0 Å². The summed E-state index contributed by atoms with van der Waals surface area (Å²) in [6.45, 7) is 4.13. The van der Waals surface area contributed by atoms with Gasteiger partial charge in [-0.05, 0) is 32.3 Å². The number of thioether (sulfide) groups is 2. The van der Waals surface area contributed by atoms with E-state index in [4.69, 9.17) is 24.6 Å². The molecule has 3 N–H and O–H groups in total. The maximum atomic E-state index is 13.7. The highest BCUT2D eigenvalue weighted by Gasteiger charge is 2.52. The minimum Gasteiger partial charge on any atom is -0.465 e. The quantitative estimate of drug-likeness (QED) is 0.144. The molecule has 12 nitrogen and oxygen atoms in total. The van der Waals surface area contributed by atoms with Gasteiger partial charge in [-0.2, -0.15) is 0 Å². The number of benzene rings is 1. The van der Waals surface area contributed by atoms with Crippen LogP contribution in [0.15, 0.2) is 30.3 Å². The van der Waals surface area contributed by atoms with Crippen LogP contribution in [0.4, 0.5) is 0 Å². The van der Waals surface area contributed by atoms with Gasteiger partial charge in [0.25, 0.3) is 0 Å². The highest BCUT2D eigenvalue weighted by atomic mass is 32.2. The summed E-state index contributed by atoms with van der Waals surface area (Å²) in [6, 6.07) is 7.64. The molecule has 1 aromatic carbocycles. The molecule has 1 spiro atoms. The van der Waals surface area contributed by atoms with Crippen molar-refractivity contribution in [1.82, 2.24) is 15.6 Å². The summed E-state index contributed by atoms with van der Waals surface area (Å²) in [5.41, 5.74) is 1.08. The molecule has 0 saturated carbocycles. The highest BCUT2D eigenvalue weighted by Crippen LogP contribution is 2.52. The van der Waals surface area contributed by atoms with Crippen molar-refractivity contribution < 1.29 is 43.8 Å². The monoisotopic (exact) mass is 601 g/mol. The number of carbonyl (C=O) groups is 3. The van der Waals surface area contributed by atoms with E-state index in [1.54, 1.807) is 42.3 Å². The number of rotatable bonds is 16. The van der Waals surface area contributed by atoms with Crippen LogP contribution in [0.25, 0.3) is 0 Å². The summed E-state index contributed by atoms with van der Waals surface area (Å²) in [6.07, 6.45) is 1.58. The van der Waals surface area contributed by atoms with E-state index in [-0.39, 0.29) is 43.0 Å². The van der Waals surface area contributed by atoms with E-state index in [1.807, 2.05) is 30.3 Å². The van der Waals surface area contributed by atoms with Gasteiger partial charge in [0.15, 0.2) is 0 Å². The highest BCUT2D eigenvalue weighted by molar-refractivity contribution is 8.21. The van der Waals surface area contributed by atoms with Gasteiger partial charge in [0.2, 0.25) is 5.91 Å². The average Bonchev–Trinajstić information content (AvgIpc) is 3.56. The van der Waals surface area contributed by atoms with Gasteiger partial charge in [-0.25, -0.2) is 9.63 Å². The summed E-state index contributed by atoms with van der Waals surface area (Å²) in [5, 5.41) is 19.8. The fourth-order valence-electron chi connectivity index (χ4n) is 4.65. The van der Waals surface area contributed by atoms with E-state index in [2.05, 4.69) is 10.2 Å². The number of nitrogens with one attached hydrogen (secondary N) is 1. The summed E-state index contributed by atoms with van der Waals surface area (Å²) < 4.78 is 15.7. The van der Waals surface area contributed by atoms with Crippen molar-refractivity contribution in [2.24, 2.45) is 0 Å². The predicted octanol–water partition coefficient (Wildman–Crippen LogP) is 1.88.